The second-order valence-electron chi connectivity index (χ2n) is 26.3. The molecule has 0 bridgehead atoms. The Morgan fingerprint density at radius 2 is 0.530 bits per heavy atom. The molecule has 0 aromatic rings. The summed E-state index contributed by atoms with van der Waals surface area (Å²) in [6.45, 7) is 4.74. The molecule has 0 fully saturated rings. The molecule has 0 aromatic heterocycles. The highest BCUT2D eigenvalue weighted by atomic mass is 31.2. The number of carbonyl (C=O) groups is 4. The van der Waals surface area contributed by atoms with Crippen molar-refractivity contribution in [3.8, 4) is 0 Å². The third kappa shape index (κ3) is 72.3. The van der Waals surface area contributed by atoms with Crippen molar-refractivity contribution in [1.29, 1.82) is 0 Å². The molecule has 0 spiro atoms. The lowest BCUT2D eigenvalue weighted by atomic mass is 10.1. The molecule has 0 amide bonds. The number of aliphatic hydroxyl groups excluding tert-OH is 1. The second-order valence-corrected chi connectivity index (χ2v) is 29.2. The van der Waals surface area contributed by atoms with Crippen LogP contribution in [0.2, 0.25) is 0 Å². The average molecular weight is 1450 g/mol. The van der Waals surface area contributed by atoms with Gasteiger partial charge in [-0.1, -0.05) is 266 Å². The molecule has 3 N–H and O–H groups in total. The van der Waals surface area contributed by atoms with E-state index >= 15 is 0 Å². The molecule has 2 unspecified atom stereocenters. The van der Waals surface area contributed by atoms with E-state index in [1.807, 2.05) is 12.2 Å². The van der Waals surface area contributed by atoms with Crippen LogP contribution in [0.15, 0.2) is 97.2 Å². The van der Waals surface area contributed by atoms with Crippen molar-refractivity contribution >= 4 is 39.5 Å². The maximum absolute atomic E-state index is 13.1. The summed E-state index contributed by atoms with van der Waals surface area (Å²) in [5, 5.41) is 10.6. The number of rotatable bonds is 74. The minimum atomic E-state index is -4.99. The summed E-state index contributed by atoms with van der Waals surface area (Å²) >= 11 is 0. The summed E-state index contributed by atoms with van der Waals surface area (Å²) in [4.78, 5) is 72.9. The van der Waals surface area contributed by atoms with Gasteiger partial charge in [-0.15, -0.1) is 0 Å². The molecule has 578 valence electrons. The molecule has 0 saturated heterocycles. The van der Waals surface area contributed by atoms with Crippen LogP contribution in [0.4, 0.5) is 0 Å². The molecular formula is C81H142O17P2. The highest BCUT2D eigenvalue weighted by molar-refractivity contribution is 7.47. The van der Waals surface area contributed by atoms with E-state index in [9.17, 15) is 43.2 Å². The fraction of sp³-hybridized carbons (Fsp3) is 0.753. The third-order valence-corrected chi connectivity index (χ3v) is 18.4. The Hall–Kier alpha value is -4.02. The molecule has 0 saturated carbocycles. The normalized spacial score (nSPS) is 14.4. The molecule has 19 heteroatoms. The van der Waals surface area contributed by atoms with Gasteiger partial charge >= 0.3 is 39.5 Å². The van der Waals surface area contributed by atoms with Crippen molar-refractivity contribution in [3.63, 3.8) is 0 Å². The minimum absolute atomic E-state index is 0.0735. The van der Waals surface area contributed by atoms with Gasteiger partial charge in [0.2, 0.25) is 0 Å². The fourth-order valence-electron chi connectivity index (χ4n) is 10.4. The van der Waals surface area contributed by atoms with Gasteiger partial charge in [-0.2, -0.15) is 0 Å². The van der Waals surface area contributed by atoms with Crippen molar-refractivity contribution in [3.05, 3.63) is 97.2 Å². The van der Waals surface area contributed by atoms with E-state index in [0.717, 1.165) is 141 Å². The standard InChI is InChI=1S/C81H142O17P2/c1-5-9-13-17-21-25-29-33-36-37-40-43-46-50-54-58-62-66-79(84)92-72-77(98-81(86)68-64-60-56-52-48-44-39-35-31-27-23-19-15-11-7-3)74-96-100(89,90)94-70-75(82)69-93-99(87,88)95-73-76(97-80(85)67-63-59-55-51-47-41-32-28-24-20-16-12-8-4)71-91-78(83)65-61-57-53-49-45-42-38-34-30-26-22-18-14-10-6-2/h21,25-26,28,30,32-36,38-40,43,50,54,75-77,82H,5-20,22-24,27,29,31,37,41-42,44-49,51-53,55-74H2,1-4H3,(H,87,88)(H,89,90)/b25-21-,30-26-,32-28-,36-33-,38-34-,39-35-,43-40-,54-50-/t75-,76+,77+/m0/s1. The molecular weight excluding hydrogens is 1310 g/mol. The molecule has 5 atom stereocenters. The zero-order valence-electron chi connectivity index (χ0n) is 63.1. The maximum Gasteiger partial charge on any atom is 0.472 e. The molecule has 100 heavy (non-hydrogen) atoms. The first-order chi connectivity index (χ1) is 48.7. The molecule has 17 nitrogen and oxygen atoms in total. The maximum atomic E-state index is 13.1. The smallest absolute Gasteiger partial charge is 0.462 e. The van der Waals surface area contributed by atoms with Crippen LogP contribution in [0.5, 0.6) is 0 Å². The zero-order chi connectivity index (χ0) is 73.2. The van der Waals surface area contributed by atoms with Crippen molar-refractivity contribution in [1.82, 2.24) is 0 Å². The van der Waals surface area contributed by atoms with Crippen molar-refractivity contribution < 1.29 is 80.2 Å². The lowest BCUT2D eigenvalue weighted by Crippen LogP contribution is -2.30. The van der Waals surface area contributed by atoms with Gasteiger partial charge in [0.05, 0.1) is 26.4 Å². The van der Waals surface area contributed by atoms with Crippen LogP contribution in [0.25, 0.3) is 0 Å². The van der Waals surface area contributed by atoms with E-state index in [0.29, 0.717) is 32.1 Å². The number of aliphatic hydroxyl groups is 1. The largest absolute Gasteiger partial charge is 0.472 e. The van der Waals surface area contributed by atoms with Crippen LogP contribution in [-0.4, -0.2) is 96.7 Å². The van der Waals surface area contributed by atoms with Crippen LogP contribution in [-0.2, 0) is 65.4 Å². The van der Waals surface area contributed by atoms with Gasteiger partial charge in [-0.05, 0) is 141 Å². The van der Waals surface area contributed by atoms with Crippen LogP contribution in [0, 0.1) is 0 Å². The second kappa shape index (κ2) is 73.3. The van der Waals surface area contributed by atoms with Crippen molar-refractivity contribution in [2.24, 2.45) is 0 Å². The Labute approximate surface area is 607 Å². The molecule has 0 aromatic carbocycles. The van der Waals surface area contributed by atoms with Crippen LogP contribution in [0.3, 0.4) is 0 Å². The highest BCUT2D eigenvalue weighted by Crippen LogP contribution is 2.45. The predicted octanol–water partition coefficient (Wildman–Crippen LogP) is 22.8. The van der Waals surface area contributed by atoms with E-state index in [1.54, 1.807) is 0 Å². The van der Waals surface area contributed by atoms with E-state index in [1.165, 1.54) is 109 Å². The summed E-state index contributed by atoms with van der Waals surface area (Å²) in [5.74, 6) is -2.26. The third-order valence-electron chi connectivity index (χ3n) is 16.5. The Morgan fingerprint density at radius 1 is 0.290 bits per heavy atom. The van der Waals surface area contributed by atoms with E-state index in [4.69, 9.17) is 37.0 Å². The molecule has 0 radical (unpaired) electrons. The summed E-state index contributed by atoms with van der Waals surface area (Å²) in [6, 6.07) is 0. The number of phosphoric ester groups is 2. The Morgan fingerprint density at radius 3 is 0.890 bits per heavy atom. The number of unbranched alkanes of at least 4 members (excludes halogenated alkanes) is 33. The number of esters is 4. The Bertz CT molecular complexity index is 2270. The van der Waals surface area contributed by atoms with Crippen molar-refractivity contribution in [2.45, 2.75) is 354 Å². The first kappa shape index (κ1) is 96.0. The Kier molecular flexibility index (Phi) is 70.4. The lowest BCUT2D eigenvalue weighted by molar-refractivity contribution is -0.161. The lowest BCUT2D eigenvalue weighted by Gasteiger charge is -2.21. The van der Waals surface area contributed by atoms with Gasteiger partial charge in [0.25, 0.3) is 0 Å². The van der Waals surface area contributed by atoms with Gasteiger partial charge < -0.3 is 33.8 Å². The number of ether oxygens (including phenoxy) is 4. The number of allylic oxidation sites excluding steroid dienone is 16. The summed E-state index contributed by atoms with van der Waals surface area (Å²) in [6.07, 6.45) is 76.8. The monoisotopic (exact) mass is 1450 g/mol. The van der Waals surface area contributed by atoms with Gasteiger partial charge in [0.15, 0.2) is 12.2 Å². The SMILES string of the molecule is CCCCC/C=C\C/C=C\C/C=C\C/C=C\CCCC(=O)OC[C@H](COP(=O)(O)OC[C@@H](O)COP(=O)(O)OC[C@@H](COC(=O)CCCCCCC/C=C\C=C/CCCCCC)OC(=O)CCCCCCC/C=C\CCCCCC)OC(=O)CCCCCCC/C=C\CCCCCCCC. The zero-order valence-corrected chi connectivity index (χ0v) is 64.9. The first-order valence-corrected chi connectivity index (χ1v) is 42.5. The topological polar surface area (TPSA) is 237 Å². The minimum Gasteiger partial charge on any atom is -0.462 e. The number of hydrogen-bond acceptors (Lipinski definition) is 15. The van der Waals surface area contributed by atoms with Gasteiger partial charge in [0.1, 0.15) is 19.3 Å². The number of carbonyl (C=O) groups excluding carboxylic acids is 4. The van der Waals surface area contributed by atoms with Gasteiger partial charge in [-0.25, -0.2) is 9.13 Å². The quantitative estimate of drug-likeness (QED) is 0.0128. The van der Waals surface area contributed by atoms with Gasteiger partial charge in [0, 0.05) is 25.7 Å². The summed E-state index contributed by atoms with van der Waals surface area (Å²) in [7, 11) is -9.97. The molecule has 0 aliphatic heterocycles. The van der Waals surface area contributed by atoms with Crippen LogP contribution < -0.4 is 0 Å². The van der Waals surface area contributed by atoms with Crippen LogP contribution in [0.1, 0.15) is 336 Å². The molecule has 0 aliphatic carbocycles. The van der Waals surface area contributed by atoms with E-state index in [2.05, 4.69) is 113 Å². The van der Waals surface area contributed by atoms with Crippen LogP contribution >= 0.6 is 15.6 Å². The summed E-state index contributed by atoms with van der Waals surface area (Å²) < 4.78 is 68.5. The Balaban J connectivity index is 5.41. The highest BCUT2D eigenvalue weighted by Gasteiger charge is 2.30. The average Bonchev–Trinajstić information content (AvgIpc) is 1.06. The predicted molar refractivity (Wildman–Crippen MR) is 409 cm³/mol. The van der Waals surface area contributed by atoms with Crippen molar-refractivity contribution in [2.75, 3.05) is 39.6 Å². The first-order valence-electron chi connectivity index (χ1n) is 39.5. The van der Waals surface area contributed by atoms with Gasteiger partial charge in [-0.3, -0.25) is 37.3 Å². The fourth-order valence-corrected chi connectivity index (χ4v) is 12.0. The number of hydrogen-bond donors (Lipinski definition) is 3. The molecule has 0 heterocycles. The molecule has 0 aliphatic rings. The molecule has 0 rings (SSSR count). The van der Waals surface area contributed by atoms with E-state index in [-0.39, 0.29) is 25.7 Å². The number of phosphoric acid groups is 2. The summed E-state index contributed by atoms with van der Waals surface area (Å²) in [5.41, 5.74) is 0. The van der Waals surface area contributed by atoms with E-state index < -0.39 is 97.5 Å².